The predicted molar refractivity (Wildman–Crippen MR) is 82.1 cm³/mol. The molecule has 6 nitrogen and oxygen atoms in total. The number of halogens is 2. The van der Waals surface area contributed by atoms with Gasteiger partial charge in [-0.2, -0.15) is 0 Å². The lowest BCUT2D eigenvalue weighted by molar-refractivity contribution is 0.0697. The minimum atomic E-state index is -4.06. The van der Waals surface area contributed by atoms with Gasteiger partial charge in [-0.3, -0.25) is 4.21 Å². The van der Waals surface area contributed by atoms with Gasteiger partial charge in [0.15, 0.2) is 0 Å². The lowest BCUT2D eigenvalue weighted by Crippen LogP contribution is -2.33. The maximum absolute atomic E-state index is 12.2. The van der Waals surface area contributed by atoms with E-state index in [9.17, 15) is 17.4 Å². The maximum atomic E-state index is 12.2. The molecule has 2 unspecified atom stereocenters. The van der Waals surface area contributed by atoms with E-state index in [4.69, 9.17) is 28.3 Å². The molecule has 1 aromatic rings. The number of benzene rings is 1. The number of rotatable bonds is 6. The molecule has 0 amide bonds. The summed E-state index contributed by atoms with van der Waals surface area (Å²) in [4.78, 5) is 10.6. The first-order valence-electron chi connectivity index (χ1n) is 5.60. The SMILES string of the molecule is CC(CNS(=O)(=O)c1cc(Cl)cc(C(=O)O)c1Cl)S(C)=O. The smallest absolute Gasteiger partial charge is 0.337 e. The van der Waals surface area contributed by atoms with Crippen LogP contribution in [0.2, 0.25) is 10.0 Å². The summed E-state index contributed by atoms with van der Waals surface area (Å²) >= 11 is 11.5. The number of hydrogen-bond donors (Lipinski definition) is 2. The van der Waals surface area contributed by atoms with Gasteiger partial charge in [-0.25, -0.2) is 17.9 Å². The van der Waals surface area contributed by atoms with Crippen molar-refractivity contribution in [2.75, 3.05) is 12.8 Å². The molecule has 0 saturated carbocycles. The normalized spacial score (nSPS) is 14.7. The molecule has 0 heterocycles. The highest BCUT2D eigenvalue weighted by atomic mass is 35.5. The van der Waals surface area contributed by atoms with Crippen molar-refractivity contribution in [3.63, 3.8) is 0 Å². The van der Waals surface area contributed by atoms with Gasteiger partial charge in [0.05, 0.1) is 10.6 Å². The lowest BCUT2D eigenvalue weighted by atomic mass is 10.2. The van der Waals surface area contributed by atoms with E-state index < -0.39 is 47.5 Å². The molecule has 0 aliphatic heterocycles. The summed E-state index contributed by atoms with van der Waals surface area (Å²) in [6, 6.07) is 2.13. The fraction of sp³-hybridized carbons (Fsp3) is 0.364. The molecule has 0 aliphatic rings. The Hall–Kier alpha value is -0.670. The average molecular weight is 374 g/mol. The van der Waals surface area contributed by atoms with Gasteiger partial charge in [0.25, 0.3) is 0 Å². The van der Waals surface area contributed by atoms with Crippen LogP contribution < -0.4 is 4.72 Å². The summed E-state index contributed by atoms with van der Waals surface area (Å²) in [5.41, 5.74) is -0.406. The molecule has 0 bridgehead atoms. The molecule has 1 aromatic carbocycles. The van der Waals surface area contributed by atoms with Crippen LogP contribution in [0, 0.1) is 0 Å². The molecule has 10 heteroatoms. The zero-order chi connectivity index (χ0) is 16.4. The Morgan fingerprint density at radius 3 is 2.48 bits per heavy atom. The monoisotopic (exact) mass is 373 g/mol. The highest BCUT2D eigenvalue weighted by molar-refractivity contribution is 7.89. The summed E-state index contributed by atoms with van der Waals surface area (Å²) in [7, 11) is -5.27. The Morgan fingerprint density at radius 1 is 1.43 bits per heavy atom. The molecule has 2 atom stereocenters. The van der Waals surface area contributed by atoms with Crippen molar-refractivity contribution in [3.8, 4) is 0 Å². The Bertz CT molecular complexity index is 690. The maximum Gasteiger partial charge on any atom is 0.337 e. The second-order valence-corrected chi connectivity index (χ2v) is 8.58. The first-order chi connectivity index (χ1) is 9.56. The van der Waals surface area contributed by atoms with Gasteiger partial charge in [-0.15, -0.1) is 0 Å². The van der Waals surface area contributed by atoms with Crippen LogP contribution in [0.25, 0.3) is 0 Å². The van der Waals surface area contributed by atoms with Gasteiger partial charge in [0.1, 0.15) is 4.90 Å². The first kappa shape index (κ1) is 18.4. The third-order valence-corrected chi connectivity index (χ3v) is 6.14. The molecular weight excluding hydrogens is 361 g/mol. The van der Waals surface area contributed by atoms with E-state index in [0.717, 1.165) is 12.1 Å². The van der Waals surface area contributed by atoms with Crippen molar-refractivity contribution < 1.29 is 22.5 Å². The van der Waals surface area contributed by atoms with Crippen LogP contribution in [0.4, 0.5) is 0 Å². The number of carbonyl (C=O) groups is 1. The molecule has 118 valence electrons. The zero-order valence-electron chi connectivity index (χ0n) is 11.1. The summed E-state index contributed by atoms with van der Waals surface area (Å²) in [6.07, 6.45) is 1.45. The minimum Gasteiger partial charge on any atom is -0.478 e. The van der Waals surface area contributed by atoms with Crippen LogP contribution in [0.5, 0.6) is 0 Å². The number of hydrogen-bond acceptors (Lipinski definition) is 4. The first-order valence-corrected chi connectivity index (χ1v) is 9.46. The Morgan fingerprint density at radius 2 is 2.00 bits per heavy atom. The van der Waals surface area contributed by atoms with Crippen molar-refractivity contribution in [1.82, 2.24) is 4.72 Å². The average Bonchev–Trinajstić information content (AvgIpc) is 2.37. The summed E-state index contributed by atoms with van der Waals surface area (Å²) in [5.74, 6) is -1.39. The van der Waals surface area contributed by atoms with E-state index in [-0.39, 0.29) is 11.6 Å². The number of aromatic carboxylic acids is 1. The zero-order valence-corrected chi connectivity index (χ0v) is 14.2. The van der Waals surface area contributed by atoms with Crippen molar-refractivity contribution in [3.05, 3.63) is 27.7 Å². The van der Waals surface area contributed by atoms with Crippen molar-refractivity contribution in [1.29, 1.82) is 0 Å². The Labute approximate surface area is 135 Å². The number of sulfonamides is 1. The quantitative estimate of drug-likeness (QED) is 0.790. The molecule has 0 saturated heterocycles. The second kappa shape index (κ2) is 7.06. The highest BCUT2D eigenvalue weighted by Gasteiger charge is 2.24. The van der Waals surface area contributed by atoms with Crippen LogP contribution in [-0.2, 0) is 20.8 Å². The predicted octanol–water partition coefficient (Wildman–Crippen LogP) is 1.74. The van der Waals surface area contributed by atoms with Gasteiger partial charge >= 0.3 is 5.97 Å². The van der Waals surface area contributed by atoms with Crippen LogP contribution >= 0.6 is 23.2 Å². The number of carboxylic acid groups (broad SMARTS) is 1. The summed E-state index contributed by atoms with van der Waals surface area (Å²) in [6.45, 7) is 1.54. The topological polar surface area (TPSA) is 101 Å². The minimum absolute atomic E-state index is 0.0655. The molecule has 0 aliphatic carbocycles. The Balaban J connectivity index is 3.20. The summed E-state index contributed by atoms with van der Waals surface area (Å²) < 4.78 is 37.8. The molecule has 1 rings (SSSR count). The summed E-state index contributed by atoms with van der Waals surface area (Å²) in [5, 5.41) is 8.08. The van der Waals surface area contributed by atoms with E-state index in [0.29, 0.717) is 0 Å². The molecule has 2 N–H and O–H groups in total. The van der Waals surface area contributed by atoms with Gasteiger partial charge in [0.2, 0.25) is 10.0 Å². The molecule has 0 radical (unpaired) electrons. The molecular formula is C11H13Cl2NO5S2. The van der Waals surface area contributed by atoms with E-state index in [1.54, 1.807) is 6.92 Å². The largest absolute Gasteiger partial charge is 0.478 e. The number of nitrogens with one attached hydrogen (secondary N) is 1. The third-order valence-electron chi connectivity index (χ3n) is 2.65. The van der Waals surface area contributed by atoms with Crippen LogP contribution in [-0.4, -0.2) is 41.8 Å². The van der Waals surface area contributed by atoms with Crippen LogP contribution in [0.15, 0.2) is 17.0 Å². The molecule has 21 heavy (non-hydrogen) atoms. The van der Waals surface area contributed by atoms with Crippen molar-refractivity contribution >= 4 is 50.0 Å². The number of carboxylic acids is 1. The van der Waals surface area contributed by atoms with E-state index in [1.165, 1.54) is 6.26 Å². The van der Waals surface area contributed by atoms with Gasteiger partial charge in [0, 0.05) is 33.9 Å². The highest BCUT2D eigenvalue weighted by Crippen LogP contribution is 2.29. The fourth-order valence-corrected chi connectivity index (χ4v) is 3.79. The van der Waals surface area contributed by atoms with Gasteiger partial charge in [-0.05, 0) is 19.1 Å². The van der Waals surface area contributed by atoms with Crippen LogP contribution in [0.3, 0.4) is 0 Å². The molecule has 0 fully saturated rings. The van der Waals surface area contributed by atoms with Gasteiger partial charge < -0.3 is 5.11 Å². The van der Waals surface area contributed by atoms with E-state index in [1.807, 2.05) is 0 Å². The van der Waals surface area contributed by atoms with Crippen molar-refractivity contribution in [2.24, 2.45) is 0 Å². The Kier molecular flexibility index (Phi) is 6.18. The van der Waals surface area contributed by atoms with E-state index in [2.05, 4.69) is 4.72 Å². The third kappa shape index (κ3) is 4.65. The molecule has 0 spiro atoms. The second-order valence-electron chi connectivity index (χ2n) is 4.23. The standard InChI is InChI=1S/C11H13Cl2NO5S2/c1-6(20(2)17)5-14-21(18,19)9-4-7(12)3-8(10(9)13)11(15)16/h3-4,6,14H,5H2,1-2H3,(H,15,16). The van der Waals surface area contributed by atoms with E-state index >= 15 is 0 Å². The molecule has 0 aromatic heterocycles. The van der Waals surface area contributed by atoms with Crippen molar-refractivity contribution in [2.45, 2.75) is 17.1 Å². The van der Waals surface area contributed by atoms with Gasteiger partial charge in [-0.1, -0.05) is 23.2 Å². The lowest BCUT2D eigenvalue weighted by Gasteiger charge is -2.13. The van der Waals surface area contributed by atoms with Crippen LogP contribution in [0.1, 0.15) is 17.3 Å². The fourth-order valence-electron chi connectivity index (χ4n) is 1.34.